The molecule has 7 heteroatoms. The molecule has 4 rings (SSSR count). The van der Waals surface area contributed by atoms with Gasteiger partial charge in [0.25, 0.3) is 0 Å². The molecule has 192 valence electrons. The highest BCUT2D eigenvalue weighted by Crippen LogP contribution is 2.32. The molecule has 1 atom stereocenters. The standard InChI is InChI=1S/C28H42N4O2S/c1-4-22-16-18-25(19-17-22)34-21(3)27-29-30-28(31(27)5-2)35-20-26(33)32(23-12-8-6-9-13-23)24-14-10-7-11-15-24/h16-19,21,23-24H,4-15,20H2,1-3H3/t21-/m1/s1. The van der Waals surface area contributed by atoms with E-state index in [0.717, 1.165) is 55.4 Å². The molecule has 0 N–H and O–H groups in total. The van der Waals surface area contributed by atoms with Gasteiger partial charge in [0.2, 0.25) is 5.91 Å². The number of aromatic nitrogens is 3. The van der Waals surface area contributed by atoms with Crippen LogP contribution in [0.2, 0.25) is 0 Å². The molecular weight excluding hydrogens is 456 g/mol. The van der Waals surface area contributed by atoms with Crippen molar-refractivity contribution in [1.82, 2.24) is 19.7 Å². The number of ether oxygens (including phenoxy) is 1. The van der Waals surface area contributed by atoms with Gasteiger partial charge in [-0.3, -0.25) is 4.79 Å². The molecule has 6 nitrogen and oxygen atoms in total. The van der Waals surface area contributed by atoms with E-state index < -0.39 is 0 Å². The zero-order chi connectivity index (χ0) is 24.6. The van der Waals surface area contributed by atoms with E-state index in [9.17, 15) is 4.79 Å². The Kier molecular flexibility index (Phi) is 9.52. The molecule has 0 aliphatic heterocycles. The highest BCUT2D eigenvalue weighted by Gasteiger charge is 2.32. The van der Waals surface area contributed by atoms with E-state index in [1.807, 2.05) is 19.1 Å². The van der Waals surface area contributed by atoms with Crippen molar-refractivity contribution in [2.24, 2.45) is 0 Å². The van der Waals surface area contributed by atoms with Crippen LogP contribution < -0.4 is 4.74 Å². The first kappa shape index (κ1) is 26.1. The minimum absolute atomic E-state index is 0.221. The van der Waals surface area contributed by atoms with Crippen molar-refractivity contribution >= 4 is 17.7 Å². The monoisotopic (exact) mass is 498 g/mol. The Labute approximate surface area is 215 Å². The second kappa shape index (κ2) is 12.8. The first-order chi connectivity index (χ1) is 17.1. The van der Waals surface area contributed by atoms with Crippen LogP contribution in [0.1, 0.15) is 102 Å². The van der Waals surface area contributed by atoms with Crippen LogP contribution in [0.5, 0.6) is 5.75 Å². The van der Waals surface area contributed by atoms with E-state index in [1.54, 1.807) is 0 Å². The summed E-state index contributed by atoms with van der Waals surface area (Å²) in [5, 5.41) is 9.73. The minimum Gasteiger partial charge on any atom is -0.483 e. The molecule has 1 amide bonds. The molecule has 0 saturated heterocycles. The van der Waals surface area contributed by atoms with Crippen LogP contribution in [-0.2, 0) is 17.8 Å². The summed E-state index contributed by atoms with van der Waals surface area (Å²) < 4.78 is 8.26. The molecule has 2 aromatic rings. The van der Waals surface area contributed by atoms with Gasteiger partial charge >= 0.3 is 0 Å². The van der Waals surface area contributed by atoms with Crippen molar-refractivity contribution in [2.45, 2.75) is 121 Å². The van der Waals surface area contributed by atoms with Gasteiger partial charge < -0.3 is 14.2 Å². The Morgan fingerprint density at radius 2 is 1.60 bits per heavy atom. The van der Waals surface area contributed by atoms with Gasteiger partial charge in [0.15, 0.2) is 17.1 Å². The number of hydrogen-bond acceptors (Lipinski definition) is 5. The molecule has 35 heavy (non-hydrogen) atoms. The Morgan fingerprint density at radius 3 is 2.14 bits per heavy atom. The number of carbonyl (C=O) groups excluding carboxylic acids is 1. The maximum atomic E-state index is 13.6. The van der Waals surface area contributed by atoms with Crippen molar-refractivity contribution in [2.75, 3.05) is 5.75 Å². The Morgan fingerprint density at radius 1 is 1.00 bits per heavy atom. The third kappa shape index (κ3) is 6.60. The number of rotatable bonds is 10. The summed E-state index contributed by atoms with van der Waals surface area (Å²) in [7, 11) is 0. The maximum absolute atomic E-state index is 13.6. The highest BCUT2D eigenvalue weighted by molar-refractivity contribution is 7.99. The summed E-state index contributed by atoms with van der Waals surface area (Å²) in [6.45, 7) is 7.00. The van der Waals surface area contributed by atoms with E-state index in [4.69, 9.17) is 4.74 Å². The van der Waals surface area contributed by atoms with Crippen molar-refractivity contribution in [3.8, 4) is 5.75 Å². The lowest BCUT2D eigenvalue weighted by Gasteiger charge is -2.41. The summed E-state index contributed by atoms with van der Waals surface area (Å²) in [4.78, 5) is 15.9. The van der Waals surface area contributed by atoms with Crippen molar-refractivity contribution in [3.63, 3.8) is 0 Å². The summed E-state index contributed by atoms with van der Waals surface area (Å²) in [6, 6.07) is 9.08. The van der Waals surface area contributed by atoms with Crippen molar-refractivity contribution in [1.29, 1.82) is 0 Å². The van der Waals surface area contributed by atoms with Gasteiger partial charge in [0.1, 0.15) is 5.75 Å². The highest BCUT2D eigenvalue weighted by atomic mass is 32.2. The molecule has 2 aliphatic rings. The van der Waals surface area contributed by atoms with Crippen LogP contribution in [0, 0.1) is 0 Å². The largest absolute Gasteiger partial charge is 0.483 e. The third-order valence-corrected chi connectivity index (χ3v) is 8.57. The van der Waals surface area contributed by atoms with Crippen molar-refractivity contribution in [3.05, 3.63) is 35.7 Å². The quantitative estimate of drug-likeness (QED) is 0.346. The Bertz CT molecular complexity index is 915. The van der Waals surface area contributed by atoms with E-state index in [0.29, 0.717) is 17.8 Å². The van der Waals surface area contributed by atoms with Gasteiger partial charge in [0, 0.05) is 18.6 Å². The Hall–Kier alpha value is -2.02. The fraction of sp³-hybridized carbons (Fsp3) is 0.679. The van der Waals surface area contributed by atoms with Crippen LogP contribution >= 0.6 is 11.8 Å². The fourth-order valence-electron chi connectivity index (χ4n) is 5.69. The number of thioether (sulfide) groups is 1. The fourth-order valence-corrected chi connectivity index (χ4v) is 6.57. The van der Waals surface area contributed by atoms with Gasteiger partial charge in [-0.2, -0.15) is 0 Å². The van der Waals surface area contributed by atoms with Crippen LogP contribution in [0.15, 0.2) is 29.4 Å². The molecule has 1 aromatic carbocycles. The predicted molar refractivity (Wildman–Crippen MR) is 142 cm³/mol. The molecular formula is C28H42N4O2S. The molecule has 0 spiro atoms. The topological polar surface area (TPSA) is 60.3 Å². The van der Waals surface area contributed by atoms with Gasteiger partial charge in [0.05, 0.1) is 5.75 Å². The first-order valence-electron chi connectivity index (χ1n) is 13.7. The van der Waals surface area contributed by atoms with Gasteiger partial charge in [-0.05, 0) is 63.6 Å². The Balaban J connectivity index is 1.41. The normalized spacial score (nSPS) is 18.4. The van der Waals surface area contributed by atoms with E-state index in [-0.39, 0.29) is 12.0 Å². The maximum Gasteiger partial charge on any atom is 0.233 e. The molecule has 0 unspecified atom stereocenters. The molecule has 0 bridgehead atoms. The molecule has 1 heterocycles. The lowest BCUT2D eigenvalue weighted by atomic mass is 9.88. The summed E-state index contributed by atoms with van der Waals surface area (Å²) in [5.74, 6) is 2.35. The summed E-state index contributed by atoms with van der Waals surface area (Å²) in [6.07, 6.45) is 13.1. The van der Waals surface area contributed by atoms with Crippen LogP contribution in [0.3, 0.4) is 0 Å². The van der Waals surface area contributed by atoms with E-state index in [1.165, 1.54) is 55.9 Å². The summed E-state index contributed by atoms with van der Waals surface area (Å²) in [5.41, 5.74) is 1.29. The zero-order valence-electron chi connectivity index (χ0n) is 21.7. The van der Waals surface area contributed by atoms with Crippen LogP contribution in [-0.4, -0.2) is 43.4 Å². The SMILES string of the molecule is CCc1ccc(O[C@H](C)c2nnc(SCC(=O)N(C3CCCCC3)C3CCCCC3)n2CC)cc1. The second-order valence-electron chi connectivity index (χ2n) is 10.0. The van der Waals surface area contributed by atoms with E-state index >= 15 is 0 Å². The van der Waals surface area contributed by atoms with Gasteiger partial charge in [-0.1, -0.05) is 69.3 Å². The number of nitrogens with zero attached hydrogens (tertiary/aromatic N) is 4. The smallest absolute Gasteiger partial charge is 0.233 e. The van der Waals surface area contributed by atoms with Gasteiger partial charge in [-0.25, -0.2) is 0 Å². The number of hydrogen-bond donors (Lipinski definition) is 0. The number of aryl methyl sites for hydroxylation is 1. The average molecular weight is 499 g/mol. The molecule has 2 saturated carbocycles. The lowest BCUT2D eigenvalue weighted by Crippen LogP contribution is -2.49. The molecule has 0 radical (unpaired) electrons. The minimum atomic E-state index is -0.221. The van der Waals surface area contributed by atoms with Crippen LogP contribution in [0.25, 0.3) is 0 Å². The predicted octanol–water partition coefficient (Wildman–Crippen LogP) is 6.59. The van der Waals surface area contributed by atoms with Gasteiger partial charge in [-0.15, -0.1) is 10.2 Å². The van der Waals surface area contributed by atoms with E-state index in [2.05, 4.69) is 45.6 Å². The number of carbonyl (C=O) groups is 1. The second-order valence-corrected chi connectivity index (χ2v) is 11.0. The zero-order valence-corrected chi connectivity index (χ0v) is 22.6. The molecule has 2 fully saturated rings. The average Bonchev–Trinajstić information content (AvgIpc) is 3.32. The number of amides is 1. The lowest BCUT2D eigenvalue weighted by molar-refractivity contribution is -0.135. The molecule has 1 aromatic heterocycles. The first-order valence-corrected chi connectivity index (χ1v) is 14.7. The third-order valence-electron chi connectivity index (χ3n) is 7.62. The number of benzene rings is 1. The van der Waals surface area contributed by atoms with Crippen molar-refractivity contribution < 1.29 is 9.53 Å². The van der Waals surface area contributed by atoms with Crippen LogP contribution in [0.4, 0.5) is 0 Å². The molecule has 2 aliphatic carbocycles. The summed E-state index contributed by atoms with van der Waals surface area (Å²) >= 11 is 1.53.